The van der Waals surface area contributed by atoms with E-state index in [4.69, 9.17) is 5.26 Å². The molecular formula is C14H19N3O. The van der Waals surface area contributed by atoms with Crippen LogP contribution in [0.25, 0.3) is 0 Å². The van der Waals surface area contributed by atoms with E-state index in [1.54, 1.807) is 18.2 Å². The molecule has 0 bridgehead atoms. The minimum atomic E-state index is -0.0293. The third-order valence-electron chi connectivity index (χ3n) is 2.57. The number of nitrogens with one attached hydrogen (secondary N) is 2. The zero-order valence-electron chi connectivity index (χ0n) is 10.9. The van der Waals surface area contributed by atoms with Crippen molar-refractivity contribution < 1.29 is 4.79 Å². The van der Waals surface area contributed by atoms with E-state index in [-0.39, 0.29) is 18.5 Å². The molecule has 4 heteroatoms. The van der Waals surface area contributed by atoms with E-state index < -0.39 is 0 Å². The summed E-state index contributed by atoms with van der Waals surface area (Å²) in [5.74, 6) is -0.0293. The standard InChI is InChI=1S/C14H19N3O/c1-3-5-11(2)17-14(18)10-16-13-7-4-6-12(8-13)9-15/h4,6-8,11,16H,3,5,10H2,1-2H3,(H,17,18). The molecule has 1 aromatic carbocycles. The summed E-state index contributed by atoms with van der Waals surface area (Å²) in [5.41, 5.74) is 1.37. The molecule has 0 fully saturated rings. The van der Waals surface area contributed by atoms with Gasteiger partial charge >= 0.3 is 0 Å². The van der Waals surface area contributed by atoms with Crippen molar-refractivity contribution in [3.05, 3.63) is 29.8 Å². The highest BCUT2D eigenvalue weighted by Gasteiger charge is 2.06. The van der Waals surface area contributed by atoms with Crippen molar-refractivity contribution in [2.75, 3.05) is 11.9 Å². The van der Waals surface area contributed by atoms with Crippen LogP contribution in [0.5, 0.6) is 0 Å². The van der Waals surface area contributed by atoms with Gasteiger partial charge in [0, 0.05) is 11.7 Å². The molecule has 18 heavy (non-hydrogen) atoms. The number of hydrogen-bond donors (Lipinski definition) is 2. The average molecular weight is 245 g/mol. The van der Waals surface area contributed by atoms with Crippen LogP contribution in [0.15, 0.2) is 24.3 Å². The summed E-state index contributed by atoms with van der Waals surface area (Å²) >= 11 is 0. The van der Waals surface area contributed by atoms with Gasteiger partial charge in [0.1, 0.15) is 0 Å². The van der Waals surface area contributed by atoms with Gasteiger partial charge < -0.3 is 10.6 Å². The third kappa shape index (κ3) is 4.88. The number of nitrogens with zero attached hydrogens (tertiary/aromatic N) is 1. The number of carbonyl (C=O) groups excluding carboxylic acids is 1. The summed E-state index contributed by atoms with van der Waals surface area (Å²) in [7, 11) is 0. The highest BCUT2D eigenvalue weighted by Crippen LogP contribution is 2.08. The second kappa shape index (κ2) is 7.33. The van der Waals surface area contributed by atoms with Crippen LogP contribution in [0.3, 0.4) is 0 Å². The maximum Gasteiger partial charge on any atom is 0.239 e. The third-order valence-corrected chi connectivity index (χ3v) is 2.57. The molecule has 96 valence electrons. The van der Waals surface area contributed by atoms with Gasteiger partial charge in [-0.15, -0.1) is 0 Å². The molecule has 0 aliphatic carbocycles. The molecule has 0 saturated carbocycles. The SMILES string of the molecule is CCCC(C)NC(=O)CNc1cccc(C#N)c1. The molecular weight excluding hydrogens is 226 g/mol. The lowest BCUT2D eigenvalue weighted by atomic mass is 10.2. The first-order chi connectivity index (χ1) is 8.65. The van der Waals surface area contributed by atoms with E-state index in [9.17, 15) is 4.79 Å². The monoisotopic (exact) mass is 245 g/mol. The Morgan fingerprint density at radius 3 is 2.94 bits per heavy atom. The molecule has 0 aliphatic heterocycles. The number of benzene rings is 1. The number of rotatable bonds is 6. The molecule has 1 atom stereocenters. The highest BCUT2D eigenvalue weighted by molar-refractivity contribution is 5.81. The molecule has 2 N–H and O–H groups in total. The molecule has 1 unspecified atom stereocenters. The van der Waals surface area contributed by atoms with Crippen LogP contribution in [0.2, 0.25) is 0 Å². The first kappa shape index (κ1) is 14.0. The lowest BCUT2D eigenvalue weighted by Crippen LogP contribution is -2.36. The van der Waals surface area contributed by atoms with Crippen molar-refractivity contribution >= 4 is 11.6 Å². The number of hydrogen-bond acceptors (Lipinski definition) is 3. The van der Waals surface area contributed by atoms with Crippen molar-refractivity contribution in [3.63, 3.8) is 0 Å². The van der Waals surface area contributed by atoms with Gasteiger partial charge in [-0.25, -0.2) is 0 Å². The van der Waals surface area contributed by atoms with Gasteiger partial charge in [-0.2, -0.15) is 5.26 Å². The minimum Gasteiger partial charge on any atom is -0.376 e. The molecule has 0 aromatic heterocycles. The summed E-state index contributed by atoms with van der Waals surface area (Å²) in [6.45, 7) is 4.31. The van der Waals surface area contributed by atoms with E-state index in [1.807, 2.05) is 13.0 Å². The van der Waals surface area contributed by atoms with Crippen molar-refractivity contribution in [1.82, 2.24) is 5.32 Å². The van der Waals surface area contributed by atoms with Crippen molar-refractivity contribution in [2.45, 2.75) is 32.7 Å². The fraction of sp³-hybridized carbons (Fsp3) is 0.429. The molecule has 0 spiro atoms. The van der Waals surface area contributed by atoms with Crippen LogP contribution in [-0.4, -0.2) is 18.5 Å². The largest absolute Gasteiger partial charge is 0.376 e. The summed E-state index contributed by atoms with van der Waals surface area (Å²) < 4.78 is 0. The van der Waals surface area contributed by atoms with Crippen LogP contribution < -0.4 is 10.6 Å². The van der Waals surface area contributed by atoms with Crippen LogP contribution in [-0.2, 0) is 4.79 Å². The number of nitriles is 1. The van der Waals surface area contributed by atoms with Gasteiger partial charge in [-0.05, 0) is 31.5 Å². The Kier molecular flexibility index (Phi) is 5.72. The number of amides is 1. The van der Waals surface area contributed by atoms with Crippen LogP contribution in [0, 0.1) is 11.3 Å². The van der Waals surface area contributed by atoms with Crippen molar-refractivity contribution in [3.8, 4) is 6.07 Å². The Morgan fingerprint density at radius 1 is 1.50 bits per heavy atom. The lowest BCUT2D eigenvalue weighted by molar-refractivity contribution is -0.120. The Morgan fingerprint density at radius 2 is 2.28 bits per heavy atom. The number of carbonyl (C=O) groups is 1. The molecule has 1 amide bonds. The van der Waals surface area contributed by atoms with Crippen LogP contribution in [0.1, 0.15) is 32.3 Å². The minimum absolute atomic E-state index is 0.0293. The molecule has 0 heterocycles. The molecule has 0 radical (unpaired) electrons. The Balaban J connectivity index is 2.40. The van der Waals surface area contributed by atoms with E-state index in [2.05, 4.69) is 23.6 Å². The smallest absolute Gasteiger partial charge is 0.239 e. The second-order valence-electron chi connectivity index (χ2n) is 4.30. The zero-order chi connectivity index (χ0) is 13.4. The Bertz CT molecular complexity index is 437. The van der Waals surface area contributed by atoms with Gasteiger partial charge in [-0.3, -0.25) is 4.79 Å². The predicted molar refractivity (Wildman–Crippen MR) is 72.2 cm³/mol. The fourth-order valence-corrected chi connectivity index (χ4v) is 1.71. The van der Waals surface area contributed by atoms with Gasteiger partial charge in [0.2, 0.25) is 5.91 Å². The van der Waals surface area contributed by atoms with E-state index in [0.717, 1.165) is 18.5 Å². The summed E-state index contributed by atoms with van der Waals surface area (Å²) in [6.07, 6.45) is 2.04. The molecule has 1 rings (SSSR count). The lowest BCUT2D eigenvalue weighted by Gasteiger charge is -2.13. The fourth-order valence-electron chi connectivity index (χ4n) is 1.71. The quantitative estimate of drug-likeness (QED) is 0.808. The van der Waals surface area contributed by atoms with Crippen molar-refractivity contribution in [1.29, 1.82) is 5.26 Å². The van der Waals surface area contributed by atoms with Crippen LogP contribution >= 0.6 is 0 Å². The predicted octanol–water partition coefficient (Wildman–Crippen LogP) is 2.27. The van der Waals surface area contributed by atoms with E-state index in [0.29, 0.717) is 5.56 Å². The van der Waals surface area contributed by atoms with Gasteiger partial charge in [0.15, 0.2) is 0 Å². The maximum atomic E-state index is 11.6. The summed E-state index contributed by atoms with van der Waals surface area (Å²) in [6, 6.07) is 9.35. The van der Waals surface area contributed by atoms with E-state index in [1.165, 1.54) is 0 Å². The zero-order valence-corrected chi connectivity index (χ0v) is 10.9. The van der Waals surface area contributed by atoms with Gasteiger partial charge in [0.25, 0.3) is 0 Å². The molecule has 0 saturated heterocycles. The second-order valence-corrected chi connectivity index (χ2v) is 4.30. The molecule has 4 nitrogen and oxygen atoms in total. The molecule has 1 aromatic rings. The maximum absolute atomic E-state index is 11.6. The topological polar surface area (TPSA) is 64.9 Å². The normalized spacial score (nSPS) is 11.4. The Labute approximate surface area is 108 Å². The van der Waals surface area contributed by atoms with Crippen LogP contribution in [0.4, 0.5) is 5.69 Å². The summed E-state index contributed by atoms with van der Waals surface area (Å²) in [5, 5.41) is 14.7. The van der Waals surface area contributed by atoms with Crippen molar-refractivity contribution in [2.24, 2.45) is 0 Å². The first-order valence-electron chi connectivity index (χ1n) is 6.19. The first-order valence-corrected chi connectivity index (χ1v) is 6.19. The van der Waals surface area contributed by atoms with Gasteiger partial charge in [-0.1, -0.05) is 19.4 Å². The van der Waals surface area contributed by atoms with E-state index >= 15 is 0 Å². The Hall–Kier alpha value is -2.02. The average Bonchev–Trinajstić information content (AvgIpc) is 2.37. The number of anilines is 1. The molecule has 0 aliphatic rings. The highest BCUT2D eigenvalue weighted by atomic mass is 16.1. The summed E-state index contributed by atoms with van der Waals surface area (Å²) in [4.78, 5) is 11.6. The van der Waals surface area contributed by atoms with Gasteiger partial charge in [0.05, 0.1) is 18.2 Å².